The van der Waals surface area contributed by atoms with Crippen molar-refractivity contribution < 1.29 is 4.79 Å². The van der Waals surface area contributed by atoms with Gasteiger partial charge < -0.3 is 4.98 Å². The molecule has 7 heteroatoms. The number of rotatable bonds is 3. The molecule has 3 aromatic rings. The fourth-order valence-corrected chi connectivity index (χ4v) is 4.55. The lowest BCUT2D eigenvalue weighted by Gasteiger charge is -2.15. The van der Waals surface area contributed by atoms with Crippen molar-refractivity contribution in [2.24, 2.45) is 5.92 Å². The number of aromatic nitrogens is 3. The van der Waals surface area contributed by atoms with E-state index in [4.69, 9.17) is 12.2 Å². The molecule has 128 valence electrons. The molecule has 1 aliphatic carbocycles. The monoisotopic (exact) mass is 370 g/mol. The van der Waals surface area contributed by atoms with Crippen LogP contribution in [-0.4, -0.2) is 20.4 Å². The number of amides is 1. The van der Waals surface area contributed by atoms with Crippen LogP contribution in [0.15, 0.2) is 36.5 Å². The third-order valence-corrected chi connectivity index (χ3v) is 5.77. The number of fused-ring (bicyclic) bond motifs is 1. The minimum Gasteiger partial charge on any atom is -0.336 e. The molecule has 5 nitrogen and oxygen atoms in total. The van der Waals surface area contributed by atoms with Crippen molar-refractivity contribution in [3.8, 4) is 5.69 Å². The number of para-hydroxylation sites is 1. The van der Waals surface area contributed by atoms with E-state index >= 15 is 0 Å². The number of nitrogens with zero attached hydrogens (tertiary/aromatic N) is 2. The highest BCUT2D eigenvalue weighted by atomic mass is 32.1. The maximum Gasteiger partial charge on any atom is 0.276 e. The highest BCUT2D eigenvalue weighted by molar-refractivity contribution is 7.71. The van der Waals surface area contributed by atoms with Gasteiger partial charge in [0.2, 0.25) is 0 Å². The summed E-state index contributed by atoms with van der Waals surface area (Å²) < 4.78 is 2.23. The molecule has 1 unspecified atom stereocenters. The number of imidazole rings is 1. The summed E-state index contributed by atoms with van der Waals surface area (Å²) in [5, 5.41) is 3.60. The van der Waals surface area contributed by atoms with E-state index in [1.165, 1.54) is 4.88 Å². The standard InChI is InChI=1S/C18H18N4OS2/c1-11-7-8-13-15(9-11)25-17(20-13)21-16(23)14-10-19-18(24)22(14)12-5-3-2-4-6-12/h2-6,10-11H,7-9H2,1H3,(H,19,24)(H,20,21,23). The van der Waals surface area contributed by atoms with Gasteiger partial charge in [-0.05, 0) is 49.5 Å². The lowest BCUT2D eigenvalue weighted by atomic mass is 9.93. The lowest BCUT2D eigenvalue weighted by Crippen LogP contribution is -2.16. The van der Waals surface area contributed by atoms with Crippen LogP contribution in [0.25, 0.3) is 5.69 Å². The zero-order chi connectivity index (χ0) is 17.4. The molecule has 0 aliphatic heterocycles. The summed E-state index contributed by atoms with van der Waals surface area (Å²) in [6.07, 6.45) is 4.84. The summed E-state index contributed by atoms with van der Waals surface area (Å²) in [4.78, 5) is 21.6. The normalized spacial score (nSPS) is 16.4. The topological polar surface area (TPSA) is 62.7 Å². The number of hydrogen-bond donors (Lipinski definition) is 2. The highest BCUT2D eigenvalue weighted by Gasteiger charge is 2.22. The Hall–Kier alpha value is -2.25. The summed E-state index contributed by atoms with van der Waals surface area (Å²) in [5.74, 6) is 0.472. The smallest absolute Gasteiger partial charge is 0.276 e. The molecule has 0 saturated heterocycles. The van der Waals surface area contributed by atoms with Crippen LogP contribution in [0, 0.1) is 10.7 Å². The molecule has 2 heterocycles. The second-order valence-corrected chi connectivity index (χ2v) is 7.81. The Morgan fingerprint density at radius 1 is 1.40 bits per heavy atom. The van der Waals surface area contributed by atoms with Gasteiger partial charge in [0, 0.05) is 16.8 Å². The van der Waals surface area contributed by atoms with E-state index in [1.54, 1.807) is 22.1 Å². The lowest BCUT2D eigenvalue weighted by molar-refractivity contribution is 0.102. The number of carbonyl (C=O) groups excluding carboxylic acids is 1. The second-order valence-electron chi connectivity index (χ2n) is 6.34. The fourth-order valence-electron chi connectivity index (χ4n) is 3.12. The van der Waals surface area contributed by atoms with Crippen molar-refractivity contribution in [3.63, 3.8) is 0 Å². The molecular formula is C18H18N4OS2. The van der Waals surface area contributed by atoms with Crippen LogP contribution in [0.3, 0.4) is 0 Å². The first-order chi connectivity index (χ1) is 12.1. The molecule has 2 aromatic heterocycles. The number of aromatic amines is 1. The third kappa shape index (κ3) is 3.17. The van der Waals surface area contributed by atoms with Gasteiger partial charge in [-0.3, -0.25) is 14.7 Å². The van der Waals surface area contributed by atoms with Crippen LogP contribution in [-0.2, 0) is 12.8 Å². The quantitative estimate of drug-likeness (QED) is 0.673. The molecule has 0 saturated carbocycles. The molecule has 1 aromatic carbocycles. The Bertz CT molecular complexity index is 971. The van der Waals surface area contributed by atoms with E-state index < -0.39 is 0 Å². The van der Waals surface area contributed by atoms with E-state index in [9.17, 15) is 4.79 Å². The fraction of sp³-hybridized carbons (Fsp3) is 0.278. The summed E-state index contributed by atoms with van der Waals surface area (Å²) >= 11 is 6.92. The van der Waals surface area contributed by atoms with E-state index in [0.29, 0.717) is 21.5 Å². The van der Waals surface area contributed by atoms with Crippen LogP contribution >= 0.6 is 23.6 Å². The average Bonchev–Trinajstić information content (AvgIpc) is 3.18. The number of aryl methyl sites for hydroxylation is 1. The number of nitrogens with one attached hydrogen (secondary N) is 2. The molecule has 1 atom stereocenters. The Balaban J connectivity index is 1.62. The molecule has 1 aliphatic rings. The first-order valence-electron chi connectivity index (χ1n) is 8.27. The molecule has 0 radical (unpaired) electrons. The molecule has 0 spiro atoms. The van der Waals surface area contributed by atoms with E-state index in [2.05, 4.69) is 22.2 Å². The highest BCUT2D eigenvalue weighted by Crippen LogP contribution is 2.32. The zero-order valence-electron chi connectivity index (χ0n) is 13.8. The Morgan fingerprint density at radius 3 is 3.00 bits per heavy atom. The van der Waals surface area contributed by atoms with Gasteiger partial charge in [-0.1, -0.05) is 25.1 Å². The zero-order valence-corrected chi connectivity index (χ0v) is 15.4. The third-order valence-electron chi connectivity index (χ3n) is 4.43. The molecule has 0 fully saturated rings. The van der Waals surface area contributed by atoms with Crippen LogP contribution in [0.4, 0.5) is 5.13 Å². The van der Waals surface area contributed by atoms with Crippen molar-refractivity contribution in [3.05, 3.63) is 57.6 Å². The number of H-pyrrole nitrogens is 1. The second kappa shape index (κ2) is 6.57. The number of carbonyl (C=O) groups is 1. The van der Waals surface area contributed by atoms with Gasteiger partial charge >= 0.3 is 0 Å². The van der Waals surface area contributed by atoms with Crippen LogP contribution < -0.4 is 5.32 Å². The maximum atomic E-state index is 12.8. The number of hydrogen-bond acceptors (Lipinski definition) is 4. The van der Waals surface area contributed by atoms with Crippen LogP contribution in [0.5, 0.6) is 0 Å². The Morgan fingerprint density at radius 2 is 2.20 bits per heavy atom. The molecule has 4 rings (SSSR count). The van der Waals surface area contributed by atoms with Crippen molar-refractivity contribution in [1.82, 2.24) is 14.5 Å². The van der Waals surface area contributed by atoms with E-state index in [0.717, 1.165) is 30.6 Å². The Kier molecular flexibility index (Phi) is 4.27. The number of thiazole rings is 1. The summed E-state index contributed by atoms with van der Waals surface area (Å²) in [6, 6.07) is 9.61. The predicted molar refractivity (Wildman–Crippen MR) is 102 cm³/mol. The van der Waals surface area contributed by atoms with Crippen molar-refractivity contribution in [2.75, 3.05) is 5.32 Å². The van der Waals surface area contributed by atoms with Gasteiger partial charge in [-0.25, -0.2) is 4.98 Å². The first-order valence-corrected chi connectivity index (χ1v) is 9.50. The number of benzene rings is 1. The first kappa shape index (κ1) is 16.2. The van der Waals surface area contributed by atoms with E-state index in [1.807, 2.05) is 30.3 Å². The van der Waals surface area contributed by atoms with Gasteiger partial charge in [0.05, 0.1) is 5.69 Å². The summed E-state index contributed by atoms with van der Waals surface area (Å²) in [6.45, 7) is 2.26. The molecule has 1 amide bonds. The van der Waals surface area contributed by atoms with Gasteiger partial charge in [0.1, 0.15) is 5.69 Å². The minimum atomic E-state index is -0.213. The van der Waals surface area contributed by atoms with Gasteiger partial charge in [0.25, 0.3) is 5.91 Å². The molecule has 2 N–H and O–H groups in total. The largest absolute Gasteiger partial charge is 0.336 e. The summed E-state index contributed by atoms with van der Waals surface area (Å²) in [7, 11) is 0. The van der Waals surface area contributed by atoms with Crippen LogP contribution in [0.2, 0.25) is 0 Å². The molecule has 0 bridgehead atoms. The Labute approximate surface area is 154 Å². The van der Waals surface area contributed by atoms with Crippen molar-refractivity contribution >= 4 is 34.6 Å². The van der Waals surface area contributed by atoms with Crippen LogP contribution in [0.1, 0.15) is 34.4 Å². The summed E-state index contributed by atoms with van der Waals surface area (Å²) in [5.41, 5.74) is 2.45. The molecule has 25 heavy (non-hydrogen) atoms. The van der Waals surface area contributed by atoms with Crippen molar-refractivity contribution in [2.45, 2.75) is 26.2 Å². The number of anilines is 1. The minimum absolute atomic E-state index is 0.213. The van der Waals surface area contributed by atoms with Gasteiger partial charge in [-0.2, -0.15) is 0 Å². The average molecular weight is 371 g/mol. The molecular weight excluding hydrogens is 352 g/mol. The SMILES string of the molecule is CC1CCc2nc(NC(=O)c3c[nH]c(=S)n3-c3ccccc3)sc2C1. The maximum absolute atomic E-state index is 12.8. The predicted octanol–water partition coefficient (Wildman–Crippen LogP) is 4.37. The van der Waals surface area contributed by atoms with Crippen molar-refractivity contribution in [1.29, 1.82) is 0 Å². The van der Waals surface area contributed by atoms with Gasteiger partial charge in [0.15, 0.2) is 9.90 Å². The van der Waals surface area contributed by atoms with Gasteiger partial charge in [-0.15, -0.1) is 11.3 Å². The van der Waals surface area contributed by atoms with E-state index in [-0.39, 0.29) is 5.91 Å².